The molecule has 2 saturated carbocycles. The number of fused-ring (bicyclic) bond motifs is 2. The number of benzene rings is 1. The van der Waals surface area contributed by atoms with Gasteiger partial charge < -0.3 is 20.1 Å². The summed E-state index contributed by atoms with van der Waals surface area (Å²) < 4.78 is 60.0. The zero-order chi connectivity index (χ0) is 39.4. The van der Waals surface area contributed by atoms with E-state index in [0.29, 0.717) is 33.9 Å². The van der Waals surface area contributed by atoms with Crippen LogP contribution in [0.2, 0.25) is 5.02 Å². The summed E-state index contributed by atoms with van der Waals surface area (Å²) in [6, 6.07) is 4.57. The van der Waals surface area contributed by atoms with E-state index < -0.39 is 51.2 Å². The number of alkyl halides is 2. The molecular formula is C40H45ClF4N8O2. The zero-order valence-electron chi connectivity index (χ0n) is 31.7. The van der Waals surface area contributed by atoms with Gasteiger partial charge in [0, 0.05) is 35.9 Å². The fourth-order valence-electron chi connectivity index (χ4n) is 8.71. The minimum absolute atomic E-state index is 0.00565. The van der Waals surface area contributed by atoms with E-state index in [1.807, 2.05) is 43.2 Å². The van der Waals surface area contributed by atoms with E-state index >= 15 is 8.78 Å². The molecule has 4 aliphatic rings. The Morgan fingerprint density at radius 2 is 1.78 bits per heavy atom. The standard InChI is InChI=1S/C40H45ClF4N8O2/c1-20(2)52-19-47-27-14-25(48-34(32(27)52)49-26-13-24(29(41)31(43)30(26)42)35(54)50-40(9-10-40)36(44)45)22-12-28-33(46-17-22)38(4,5)37(55)53(28)23-15-39(6,16-23)51-11-7-8-21(3)18-51/h12-14,17,19-21,23,36H,7-11,15-16,18H2,1-6H3,(H,48,49)(H,50,54)/t21?,23-,39+. The lowest BCUT2D eigenvalue weighted by Crippen LogP contribution is -2.64. The van der Waals surface area contributed by atoms with Crippen molar-refractivity contribution in [3.8, 4) is 11.3 Å². The molecule has 0 radical (unpaired) electrons. The first-order chi connectivity index (χ1) is 25.9. The van der Waals surface area contributed by atoms with E-state index in [-0.39, 0.29) is 42.2 Å². The Morgan fingerprint density at radius 1 is 1.05 bits per heavy atom. The molecule has 1 aromatic carbocycles. The monoisotopic (exact) mass is 780 g/mol. The number of likely N-dealkylation sites (tertiary alicyclic amines) is 1. The number of imidazole rings is 1. The molecule has 5 heterocycles. The van der Waals surface area contributed by atoms with Crippen LogP contribution >= 0.6 is 11.6 Å². The van der Waals surface area contributed by atoms with Gasteiger partial charge in [-0.2, -0.15) is 0 Å². The lowest BCUT2D eigenvalue weighted by Gasteiger charge is -2.56. The summed E-state index contributed by atoms with van der Waals surface area (Å²) >= 11 is 6.07. The lowest BCUT2D eigenvalue weighted by molar-refractivity contribution is -0.124. The minimum atomic E-state index is -2.84. The number of pyridine rings is 2. The highest BCUT2D eigenvalue weighted by molar-refractivity contribution is 6.34. The highest BCUT2D eigenvalue weighted by atomic mass is 35.5. The fourth-order valence-corrected chi connectivity index (χ4v) is 8.93. The van der Waals surface area contributed by atoms with E-state index in [2.05, 4.69) is 34.4 Å². The van der Waals surface area contributed by atoms with Crippen molar-refractivity contribution in [3.05, 3.63) is 58.6 Å². The second-order valence-corrected chi connectivity index (χ2v) is 17.4. The number of hydrogen-bond donors (Lipinski definition) is 2. The first-order valence-electron chi connectivity index (χ1n) is 19.0. The molecule has 8 rings (SSSR count). The van der Waals surface area contributed by atoms with Crippen LogP contribution < -0.4 is 15.5 Å². The number of aromatic nitrogens is 4. The molecule has 1 atom stereocenters. The Morgan fingerprint density at radius 3 is 2.44 bits per heavy atom. The average Bonchev–Trinajstić information content (AvgIpc) is 3.73. The van der Waals surface area contributed by atoms with Crippen LogP contribution in [0.1, 0.15) is 102 Å². The van der Waals surface area contributed by atoms with Crippen molar-refractivity contribution in [2.45, 2.75) is 115 Å². The van der Waals surface area contributed by atoms with E-state index in [0.717, 1.165) is 37.7 Å². The summed E-state index contributed by atoms with van der Waals surface area (Å²) in [5.41, 5.74) is -0.198. The Hall–Kier alpha value is -4.30. The first-order valence-corrected chi connectivity index (χ1v) is 19.3. The van der Waals surface area contributed by atoms with Gasteiger partial charge in [-0.15, -0.1) is 0 Å². The van der Waals surface area contributed by atoms with Gasteiger partial charge in [0.25, 0.3) is 12.3 Å². The maximum Gasteiger partial charge on any atom is 0.261 e. The first kappa shape index (κ1) is 37.6. The van der Waals surface area contributed by atoms with Crippen LogP contribution in [0.5, 0.6) is 0 Å². The maximum atomic E-state index is 15.6. The highest BCUT2D eigenvalue weighted by Gasteiger charge is 2.55. The van der Waals surface area contributed by atoms with Gasteiger partial charge in [0.2, 0.25) is 5.91 Å². The number of halogens is 5. The van der Waals surface area contributed by atoms with Crippen LogP contribution in [0.4, 0.5) is 34.8 Å². The van der Waals surface area contributed by atoms with Gasteiger partial charge in [-0.25, -0.2) is 27.5 Å². The van der Waals surface area contributed by atoms with Crippen molar-refractivity contribution in [1.82, 2.24) is 29.7 Å². The molecule has 2 aliphatic carbocycles. The number of amides is 2. The number of anilines is 3. The van der Waals surface area contributed by atoms with Crippen LogP contribution in [0.15, 0.2) is 30.7 Å². The maximum absolute atomic E-state index is 15.6. The topological polar surface area (TPSA) is 108 Å². The van der Waals surface area contributed by atoms with Crippen molar-refractivity contribution >= 4 is 51.6 Å². The summed E-state index contributed by atoms with van der Waals surface area (Å²) in [7, 11) is 0. The molecule has 4 aromatic rings. The molecule has 3 fully saturated rings. The summed E-state index contributed by atoms with van der Waals surface area (Å²) in [6.45, 7) is 14.3. The summed E-state index contributed by atoms with van der Waals surface area (Å²) in [5.74, 6) is -3.21. The summed E-state index contributed by atoms with van der Waals surface area (Å²) in [4.78, 5) is 46.0. The second-order valence-electron chi connectivity index (χ2n) is 17.1. The van der Waals surface area contributed by atoms with Crippen molar-refractivity contribution in [3.63, 3.8) is 0 Å². The van der Waals surface area contributed by atoms with Crippen molar-refractivity contribution in [2.24, 2.45) is 5.92 Å². The van der Waals surface area contributed by atoms with Crippen LogP contribution in [-0.4, -0.2) is 72.9 Å². The molecule has 3 aromatic heterocycles. The molecule has 55 heavy (non-hydrogen) atoms. The smallest absolute Gasteiger partial charge is 0.261 e. The highest BCUT2D eigenvalue weighted by Crippen LogP contribution is 2.50. The van der Waals surface area contributed by atoms with Crippen molar-refractivity contribution in [1.29, 1.82) is 0 Å². The average molecular weight is 781 g/mol. The van der Waals surface area contributed by atoms with E-state index in [4.69, 9.17) is 21.6 Å². The third-order valence-electron chi connectivity index (χ3n) is 12.2. The summed E-state index contributed by atoms with van der Waals surface area (Å²) in [6.07, 6.45) is 4.64. The predicted octanol–water partition coefficient (Wildman–Crippen LogP) is 8.55. The van der Waals surface area contributed by atoms with Crippen LogP contribution in [0, 0.1) is 17.6 Å². The lowest BCUT2D eigenvalue weighted by atomic mass is 9.70. The number of nitrogens with zero attached hydrogens (tertiary/aromatic N) is 6. The third kappa shape index (κ3) is 6.14. The second kappa shape index (κ2) is 13.1. The van der Waals surface area contributed by atoms with Gasteiger partial charge in [0.1, 0.15) is 11.1 Å². The van der Waals surface area contributed by atoms with Crippen LogP contribution in [0.25, 0.3) is 22.3 Å². The molecule has 2 N–H and O–H groups in total. The quantitative estimate of drug-likeness (QED) is 0.130. The SMILES string of the molecule is CC1CCCN([C@]2(C)C[C@H](N3C(=O)C(C)(C)c4ncc(-c5cc6ncn(C(C)C)c6c(Nc6cc(C(=O)NC7(C(F)F)CC7)c(Cl)c(F)c6F)n5)cc43)C2)C1. The predicted molar refractivity (Wildman–Crippen MR) is 203 cm³/mol. The zero-order valence-corrected chi connectivity index (χ0v) is 32.5. The Labute approximate surface area is 322 Å². The summed E-state index contributed by atoms with van der Waals surface area (Å²) in [5, 5.41) is 4.30. The van der Waals surface area contributed by atoms with Crippen LogP contribution in [0.3, 0.4) is 0 Å². The van der Waals surface area contributed by atoms with E-state index in [1.54, 1.807) is 18.6 Å². The molecule has 0 bridgehead atoms. The molecule has 10 nitrogen and oxygen atoms in total. The molecule has 2 amide bonds. The van der Waals surface area contributed by atoms with Gasteiger partial charge in [-0.1, -0.05) is 18.5 Å². The molecule has 2 aliphatic heterocycles. The fraction of sp³-hybridized carbons (Fsp3) is 0.525. The third-order valence-corrected chi connectivity index (χ3v) is 12.6. The number of carbonyl (C=O) groups excluding carboxylic acids is 2. The van der Waals surface area contributed by atoms with Gasteiger partial charge >= 0.3 is 0 Å². The normalized spacial score (nSPS) is 24.4. The molecular weight excluding hydrogens is 736 g/mol. The Bertz CT molecular complexity index is 2230. The number of nitrogens with one attached hydrogen (secondary N) is 2. The van der Waals surface area contributed by atoms with Crippen molar-refractivity contribution in [2.75, 3.05) is 23.3 Å². The van der Waals surface area contributed by atoms with Gasteiger partial charge in [0.05, 0.1) is 50.6 Å². The Kier molecular flexibility index (Phi) is 8.99. The van der Waals surface area contributed by atoms with Gasteiger partial charge in [-0.3, -0.25) is 19.5 Å². The Balaban J connectivity index is 1.16. The molecule has 292 valence electrons. The van der Waals surface area contributed by atoms with E-state index in [9.17, 15) is 18.4 Å². The molecule has 0 spiro atoms. The van der Waals surface area contributed by atoms with Gasteiger partial charge in [0.15, 0.2) is 17.5 Å². The van der Waals surface area contributed by atoms with Crippen LogP contribution in [-0.2, 0) is 10.2 Å². The molecule has 1 saturated heterocycles. The van der Waals surface area contributed by atoms with Gasteiger partial charge in [-0.05, 0) is 104 Å². The van der Waals surface area contributed by atoms with Crippen molar-refractivity contribution < 1.29 is 27.2 Å². The molecule has 1 unspecified atom stereocenters. The number of hydrogen-bond acceptors (Lipinski definition) is 7. The van der Waals surface area contributed by atoms with E-state index in [1.165, 1.54) is 12.8 Å². The largest absolute Gasteiger partial charge is 0.341 e. The molecule has 15 heteroatoms. The number of rotatable bonds is 9. The minimum Gasteiger partial charge on any atom is -0.341 e. The number of carbonyl (C=O) groups is 2. The number of piperidine rings is 1.